The molecule has 1 aromatic carbocycles. The van der Waals surface area contributed by atoms with Gasteiger partial charge in [0.1, 0.15) is 0 Å². The Hall–Kier alpha value is -2.51. The molecule has 1 saturated heterocycles. The molecule has 0 bridgehead atoms. The van der Waals surface area contributed by atoms with Crippen LogP contribution in [0.25, 0.3) is 0 Å². The number of carbonyl (C=O) groups excluding carboxylic acids is 1. The van der Waals surface area contributed by atoms with Gasteiger partial charge >= 0.3 is 12.2 Å². The molecule has 8 heteroatoms. The Bertz CT molecular complexity index is 682. The van der Waals surface area contributed by atoms with Gasteiger partial charge in [-0.05, 0) is 43.5 Å². The first kappa shape index (κ1) is 16.4. The lowest BCUT2D eigenvalue weighted by atomic mass is 9.98. The van der Waals surface area contributed by atoms with Crippen molar-refractivity contribution >= 4 is 11.7 Å². The number of hydrogen-bond acceptors (Lipinski definition) is 2. The maximum absolute atomic E-state index is 12.6. The van der Waals surface area contributed by atoms with E-state index in [1.54, 1.807) is 17.3 Å². The molecule has 2 heterocycles. The first-order valence-electron chi connectivity index (χ1n) is 7.69. The average Bonchev–Trinajstić information content (AvgIpc) is 3.09. The lowest BCUT2D eigenvalue weighted by Gasteiger charge is -2.35. The number of urea groups is 1. The maximum Gasteiger partial charge on any atom is 0.416 e. The molecule has 2 N–H and O–H groups in total. The third-order valence-corrected chi connectivity index (χ3v) is 4.13. The van der Waals surface area contributed by atoms with Crippen molar-refractivity contribution in [2.45, 2.75) is 31.5 Å². The summed E-state index contributed by atoms with van der Waals surface area (Å²) in [4.78, 5) is 14.2. The SMILES string of the molecule is O=C(Nc1ccc(C(F)(F)F)cc1)N1CCCCC1c1cn[nH]c1. The molecule has 0 spiro atoms. The number of aromatic nitrogens is 2. The van der Waals surface area contributed by atoms with Gasteiger partial charge in [-0.15, -0.1) is 0 Å². The van der Waals surface area contributed by atoms with Crippen LogP contribution in [-0.4, -0.2) is 27.7 Å². The molecule has 1 aliphatic heterocycles. The van der Waals surface area contributed by atoms with Crippen molar-refractivity contribution in [3.05, 3.63) is 47.8 Å². The Morgan fingerprint density at radius 1 is 1.25 bits per heavy atom. The fraction of sp³-hybridized carbons (Fsp3) is 0.375. The second kappa shape index (κ2) is 6.54. The van der Waals surface area contributed by atoms with Gasteiger partial charge in [0.2, 0.25) is 0 Å². The number of alkyl halides is 3. The van der Waals surface area contributed by atoms with Gasteiger partial charge in [0, 0.05) is 24.0 Å². The van der Waals surface area contributed by atoms with Crippen LogP contribution in [0, 0.1) is 0 Å². The molecule has 2 amide bonds. The van der Waals surface area contributed by atoms with Crippen LogP contribution in [0.15, 0.2) is 36.7 Å². The summed E-state index contributed by atoms with van der Waals surface area (Å²) >= 11 is 0. The summed E-state index contributed by atoms with van der Waals surface area (Å²) in [7, 11) is 0. The highest BCUT2D eigenvalue weighted by atomic mass is 19.4. The Morgan fingerprint density at radius 3 is 2.62 bits per heavy atom. The number of halogens is 3. The zero-order chi connectivity index (χ0) is 17.2. The normalized spacial score (nSPS) is 18.5. The summed E-state index contributed by atoms with van der Waals surface area (Å²) in [5.41, 5.74) is 0.525. The average molecular weight is 338 g/mol. The number of amides is 2. The standard InChI is InChI=1S/C16H17F3N4O/c17-16(18,19)12-4-6-13(7-5-12)22-15(24)23-8-2-1-3-14(23)11-9-20-21-10-11/h4-7,9-10,14H,1-3,8H2,(H,20,21)(H,22,24). The molecule has 0 saturated carbocycles. The predicted octanol–water partition coefficient (Wildman–Crippen LogP) is 4.19. The van der Waals surface area contributed by atoms with Gasteiger partial charge in [0.15, 0.2) is 0 Å². The van der Waals surface area contributed by atoms with Crippen LogP contribution in [0.3, 0.4) is 0 Å². The fourth-order valence-corrected chi connectivity index (χ4v) is 2.90. The van der Waals surface area contributed by atoms with Gasteiger partial charge in [0.25, 0.3) is 0 Å². The number of nitrogens with zero attached hydrogens (tertiary/aromatic N) is 2. The van der Waals surface area contributed by atoms with Crippen LogP contribution in [-0.2, 0) is 6.18 Å². The van der Waals surface area contributed by atoms with Crippen LogP contribution in [0.1, 0.15) is 36.4 Å². The topological polar surface area (TPSA) is 61.0 Å². The maximum atomic E-state index is 12.6. The van der Waals surface area contributed by atoms with E-state index in [1.165, 1.54) is 12.1 Å². The van der Waals surface area contributed by atoms with Gasteiger partial charge in [-0.2, -0.15) is 18.3 Å². The largest absolute Gasteiger partial charge is 0.416 e. The minimum Gasteiger partial charge on any atom is -0.317 e. The number of hydrogen-bond donors (Lipinski definition) is 2. The van der Waals surface area contributed by atoms with E-state index in [4.69, 9.17) is 0 Å². The number of likely N-dealkylation sites (tertiary alicyclic amines) is 1. The highest BCUT2D eigenvalue weighted by Gasteiger charge is 2.31. The quantitative estimate of drug-likeness (QED) is 0.862. The van der Waals surface area contributed by atoms with Crippen LogP contribution < -0.4 is 5.32 Å². The summed E-state index contributed by atoms with van der Waals surface area (Å²) in [6.07, 6.45) is 1.80. The van der Waals surface area contributed by atoms with Crippen molar-refractivity contribution in [3.63, 3.8) is 0 Å². The van der Waals surface area contributed by atoms with Crippen molar-refractivity contribution in [3.8, 4) is 0 Å². The van der Waals surface area contributed by atoms with Gasteiger partial charge < -0.3 is 10.2 Å². The molecule has 1 atom stereocenters. The lowest BCUT2D eigenvalue weighted by molar-refractivity contribution is -0.137. The summed E-state index contributed by atoms with van der Waals surface area (Å²) in [6.45, 7) is 0.600. The highest BCUT2D eigenvalue weighted by Crippen LogP contribution is 2.32. The van der Waals surface area contributed by atoms with E-state index < -0.39 is 11.7 Å². The monoisotopic (exact) mass is 338 g/mol. The van der Waals surface area contributed by atoms with E-state index in [0.29, 0.717) is 12.2 Å². The first-order chi connectivity index (χ1) is 11.4. The third-order valence-electron chi connectivity index (χ3n) is 4.13. The Balaban J connectivity index is 1.71. The summed E-state index contributed by atoms with van der Waals surface area (Å²) in [5, 5.41) is 9.33. The number of carbonyl (C=O) groups is 1. The van der Waals surface area contributed by atoms with E-state index in [9.17, 15) is 18.0 Å². The van der Waals surface area contributed by atoms with E-state index in [0.717, 1.165) is 37.0 Å². The molecule has 1 aliphatic rings. The van der Waals surface area contributed by atoms with E-state index in [2.05, 4.69) is 15.5 Å². The number of anilines is 1. The highest BCUT2D eigenvalue weighted by molar-refractivity contribution is 5.89. The Kier molecular flexibility index (Phi) is 4.46. The summed E-state index contributed by atoms with van der Waals surface area (Å²) in [5.74, 6) is 0. The fourth-order valence-electron chi connectivity index (χ4n) is 2.90. The second-order valence-electron chi connectivity index (χ2n) is 5.74. The summed E-state index contributed by atoms with van der Waals surface area (Å²) in [6, 6.07) is 4.04. The molecule has 5 nitrogen and oxygen atoms in total. The zero-order valence-corrected chi connectivity index (χ0v) is 12.8. The molecule has 1 unspecified atom stereocenters. The van der Waals surface area contributed by atoms with Crippen LogP contribution in [0.5, 0.6) is 0 Å². The van der Waals surface area contributed by atoms with Crippen molar-refractivity contribution in [1.82, 2.24) is 15.1 Å². The van der Waals surface area contributed by atoms with Crippen LogP contribution >= 0.6 is 0 Å². The molecular formula is C16H17F3N4O. The second-order valence-corrected chi connectivity index (χ2v) is 5.74. The minimum absolute atomic E-state index is 0.0769. The van der Waals surface area contributed by atoms with Crippen molar-refractivity contribution in [2.75, 3.05) is 11.9 Å². The molecule has 2 aromatic rings. The first-order valence-corrected chi connectivity index (χ1v) is 7.69. The van der Waals surface area contributed by atoms with E-state index >= 15 is 0 Å². The number of rotatable bonds is 2. The van der Waals surface area contributed by atoms with E-state index in [1.807, 2.05) is 0 Å². The van der Waals surface area contributed by atoms with Crippen molar-refractivity contribution in [2.24, 2.45) is 0 Å². The predicted molar refractivity (Wildman–Crippen MR) is 82.3 cm³/mol. The van der Waals surface area contributed by atoms with Crippen LogP contribution in [0.4, 0.5) is 23.7 Å². The zero-order valence-electron chi connectivity index (χ0n) is 12.8. The molecule has 0 aliphatic carbocycles. The molecule has 3 rings (SSSR count). The van der Waals surface area contributed by atoms with Gasteiger partial charge in [-0.25, -0.2) is 4.79 Å². The molecule has 128 valence electrons. The van der Waals surface area contributed by atoms with E-state index in [-0.39, 0.29) is 12.1 Å². The molecule has 24 heavy (non-hydrogen) atoms. The number of H-pyrrole nitrogens is 1. The van der Waals surface area contributed by atoms with Gasteiger partial charge in [0.05, 0.1) is 17.8 Å². The molecule has 1 fully saturated rings. The summed E-state index contributed by atoms with van der Waals surface area (Å²) < 4.78 is 37.7. The Labute approximate surface area is 136 Å². The smallest absolute Gasteiger partial charge is 0.317 e. The number of nitrogens with one attached hydrogen (secondary N) is 2. The number of piperidine rings is 1. The van der Waals surface area contributed by atoms with Crippen molar-refractivity contribution in [1.29, 1.82) is 0 Å². The molecular weight excluding hydrogens is 321 g/mol. The van der Waals surface area contributed by atoms with Crippen LogP contribution in [0.2, 0.25) is 0 Å². The number of benzene rings is 1. The number of aromatic amines is 1. The van der Waals surface area contributed by atoms with Gasteiger partial charge in [-0.1, -0.05) is 0 Å². The molecule has 0 radical (unpaired) electrons. The Morgan fingerprint density at radius 2 is 2.00 bits per heavy atom. The van der Waals surface area contributed by atoms with Crippen molar-refractivity contribution < 1.29 is 18.0 Å². The lowest BCUT2D eigenvalue weighted by Crippen LogP contribution is -2.41. The van der Waals surface area contributed by atoms with Gasteiger partial charge in [-0.3, -0.25) is 5.10 Å². The molecule has 1 aromatic heterocycles. The minimum atomic E-state index is -4.39. The third kappa shape index (κ3) is 3.52.